The summed E-state index contributed by atoms with van der Waals surface area (Å²) in [5.74, 6) is -2.18. The van der Waals surface area contributed by atoms with E-state index < -0.39 is 67.5 Å². The highest BCUT2D eigenvalue weighted by Crippen LogP contribution is 2.37. The maximum Gasteiger partial charge on any atom is 0.337 e. The number of ketones is 1. The lowest BCUT2D eigenvalue weighted by Gasteiger charge is -2.43. The summed E-state index contributed by atoms with van der Waals surface area (Å²) in [7, 11) is 1.21. The molecular formula is C29H38O12. The summed E-state index contributed by atoms with van der Waals surface area (Å²) in [6, 6.07) is 6.60. The van der Waals surface area contributed by atoms with Crippen LogP contribution in [0.1, 0.15) is 24.8 Å². The van der Waals surface area contributed by atoms with Gasteiger partial charge in [-0.2, -0.15) is 0 Å². The predicted octanol–water partition coefficient (Wildman–Crippen LogP) is 0.239. The Kier molecular flexibility index (Phi) is 12.0. The molecule has 0 aliphatic carbocycles. The zero-order valence-electron chi connectivity index (χ0n) is 22.7. The van der Waals surface area contributed by atoms with Gasteiger partial charge in [-0.1, -0.05) is 24.3 Å². The largest absolute Gasteiger partial charge is 0.508 e. The first kappa shape index (κ1) is 32.4. The van der Waals surface area contributed by atoms with Gasteiger partial charge < -0.3 is 49.6 Å². The van der Waals surface area contributed by atoms with E-state index in [1.165, 1.54) is 19.3 Å². The maximum atomic E-state index is 12.5. The number of aromatic hydroxyl groups is 1. The summed E-state index contributed by atoms with van der Waals surface area (Å²) in [6.45, 7) is 3.16. The van der Waals surface area contributed by atoms with Gasteiger partial charge in [-0.25, -0.2) is 4.79 Å². The Balaban J connectivity index is 1.64. The van der Waals surface area contributed by atoms with Gasteiger partial charge in [0.25, 0.3) is 0 Å². The second kappa shape index (κ2) is 15.2. The zero-order valence-corrected chi connectivity index (χ0v) is 22.7. The van der Waals surface area contributed by atoms with Gasteiger partial charge in [0.2, 0.25) is 6.29 Å². The highest BCUT2D eigenvalue weighted by molar-refractivity contribution is 5.90. The van der Waals surface area contributed by atoms with Gasteiger partial charge in [0.05, 0.1) is 31.7 Å². The third-order valence-electron chi connectivity index (χ3n) is 7.15. The fourth-order valence-electron chi connectivity index (χ4n) is 4.77. The van der Waals surface area contributed by atoms with Crippen LogP contribution < -0.4 is 0 Å². The van der Waals surface area contributed by atoms with Crippen LogP contribution in [0.5, 0.6) is 5.75 Å². The van der Waals surface area contributed by atoms with Gasteiger partial charge in [0.15, 0.2) is 12.1 Å². The van der Waals surface area contributed by atoms with Crippen LogP contribution in [0.3, 0.4) is 0 Å². The number of benzene rings is 1. The number of esters is 1. The van der Waals surface area contributed by atoms with Crippen LogP contribution in [0.4, 0.5) is 0 Å². The fraction of sp³-hybridized carbons (Fsp3) is 0.517. The van der Waals surface area contributed by atoms with E-state index in [1.54, 1.807) is 30.3 Å². The molecule has 41 heavy (non-hydrogen) atoms. The van der Waals surface area contributed by atoms with Crippen LogP contribution in [0, 0.1) is 11.8 Å². The summed E-state index contributed by atoms with van der Waals surface area (Å²) in [4.78, 5) is 25.0. The Morgan fingerprint density at radius 1 is 1.10 bits per heavy atom. The van der Waals surface area contributed by atoms with Gasteiger partial charge in [0.1, 0.15) is 30.2 Å². The van der Waals surface area contributed by atoms with Crippen LogP contribution in [-0.4, -0.2) is 99.2 Å². The second-order valence-corrected chi connectivity index (χ2v) is 9.99. The zero-order chi connectivity index (χ0) is 30.1. The van der Waals surface area contributed by atoms with Crippen molar-refractivity contribution in [3.05, 3.63) is 66.5 Å². The number of carbonyl (C=O) groups is 2. The molecule has 12 heteroatoms. The Labute approximate surface area is 237 Å². The third kappa shape index (κ3) is 8.46. The molecule has 0 spiro atoms. The van der Waals surface area contributed by atoms with Crippen molar-refractivity contribution in [2.75, 3.05) is 13.7 Å². The Bertz CT molecular complexity index is 1080. The van der Waals surface area contributed by atoms with Crippen molar-refractivity contribution in [2.45, 2.75) is 68.8 Å². The lowest BCUT2D eigenvalue weighted by Crippen LogP contribution is -2.60. The summed E-state index contributed by atoms with van der Waals surface area (Å²) in [5.41, 5.74) is 1.07. The minimum Gasteiger partial charge on any atom is -0.508 e. The molecule has 0 aromatic heterocycles. The number of rotatable bonds is 13. The van der Waals surface area contributed by atoms with Gasteiger partial charge in [-0.3, -0.25) is 4.79 Å². The molecule has 1 aromatic rings. The molecule has 9 atom stereocenters. The summed E-state index contributed by atoms with van der Waals surface area (Å²) < 4.78 is 21.6. The first-order valence-electron chi connectivity index (χ1n) is 13.3. The second-order valence-electron chi connectivity index (χ2n) is 9.99. The van der Waals surface area contributed by atoms with Crippen molar-refractivity contribution in [1.29, 1.82) is 0 Å². The monoisotopic (exact) mass is 578 g/mol. The average molecular weight is 579 g/mol. The number of aliphatic hydroxyl groups excluding tert-OH is 5. The molecule has 0 amide bonds. The molecule has 0 bridgehead atoms. The standard InChI is InChI=1S/C29H38O12/c1-3-20-21(6-4-5-18(32)13-19(33)12-9-16-7-10-17(31)11-8-16)22(27(37)38-2)15-39-28(20)41-29-26(36)25(35)24(34)23(14-30)40-29/h3-5,7-8,10-11,15,19-21,23-26,28-31,33-36H,1,6,9,12-14H2,2H3/b5-4+/t19-,20+,21-,23+,24+,25-,26+,28-,29-/m0/s1. The number of aryl methyl sites for hydroxylation is 1. The number of methoxy groups -OCH3 is 1. The van der Waals surface area contributed by atoms with Gasteiger partial charge in [-0.05, 0) is 43.0 Å². The fourth-order valence-corrected chi connectivity index (χ4v) is 4.77. The molecule has 2 aliphatic rings. The van der Waals surface area contributed by atoms with E-state index in [1.807, 2.05) is 0 Å². The van der Waals surface area contributed by atoms with Crippen LogP contribution in [0.15, 0.2) is 60.9 Å². The molecule has 1 aromatic carbocycles. The van der Waals surface area contributed by atoms with Crippen LogP contribution in [0.2, 0.25) is 0 Å². The first-order valence-corrected chi connectivity index (χ1v) is 13.3. The molecule has 0 unspecified atom stereocenters. The van der Waals surface area contributed by atoms with Crippen molar-refractivity contribution >= 4 is 11.8 Å². The predicted molar refractivity (Wildman–Crippen MR) is 143 cm³/mol. The highest BCUT2D eigenvalue weighted by atomic mass is 16.8. The quantitative estimate of drug-likeness (QED) is 0.106. The third-order valence-corrected chi connectivity index (χ3v) is 7.15. The highest BCUT2D eigenvalue weighted by Gasteiger charge is 2.47. The normalized spacial score (nSPS) is 30.7. The molecule has 1 saturated heterocycles. The molecule has 1 fully saturated rings. The van der Waals surface area contributed by atoms with E-state index in [4.69, 9.17) is 18.9 Å². The number of carbonyl (C=O) groups excluding carboxylic acids is 2. The molecule has 2 heterocycles. The van der Waals surface area contributed by atoms with Crippen molar-refractivity contribution in [1.82, 2.24) is 0 Å². The van der Waals surface area contributed by atoms with Crippen LogP contribution in [-0.2, 0) is 35.0 Å². The number of phenols is 1. The molecule has 2 aliphatic heterocycles. The number of ether oxygens (including phenoxy) is 4. The number of hydrogen-bond acceptors (Lipinski definition) is 12. The van der Waals surface area contributed by atoms with E-state index >= 15 is 0 Å². The first-order chi connectivity index (χ1) is 19.6. The topological polar surface area (TPSA) is 192 Å². The van der Waals surface area contributed by atoms with Gasteiger partial charge in [-0.15, -0.1) is 6.58 Å². The Hall–Kier alpha value is -3.10. The van der Waals surface area contributed by atoms with Gasteiger partial charge in [0, 0.05) is 18.3 Å². The molecule has 226 valence electrons. The van der Waals surface area contributed by atoms with E-state index in [0.717, 1.165) is 11.8 Å². The molecule has 3 rings (SSSR count). The van der Waals surface area contributed by atoms with E-state index in [-0.39, 0.29) is 29.9 Å². The van der Waals surface area contributed by atoms with Gasteiger partial charge >= 0.3 is 5.97 Å². The van der Waals surface area contributed by atoms with Crippen LogP contribution in [0.25, 0.3) is 0 Å². The van der Waals surface area contributed by atoms with Crippen molar-refractivity contribution in [2.24, 2.45) is 11.8 Å². The van der Waals surface area contributed by atoms with E-state index in [9.17, 15) is 40.2 Å². The summed E-state index contributed by atoms with van der Waals surface area (Å²) in [6.07, 6.45) is -3.13. The Morgan fingerprint density at radius 3 is 2.44 bits per heavy atom. The lowest BCUT2D eigenvalue weighted by molar-refractivity contribution is -0.339. The average Bonchev–Trinajstić information content (AvgIpc) is 2.96. The van der Waals surface area contributed by atoms with Crippen molar-refractivity contribution in [3.8, 4) is 5.75 Å². The minimum atomic E-state index is -1.66. The van der Waals surface area contributed by atoms with E-state index in [2.05, 4.69) is 6.58 Å². The molecule has 6 N–H and O–H groups in total. The smallest absolute Gasteiger partial charge is 0.337 e. The molecule has 0 saturated carbocycles. The Morgan fingerprint density at radius 2 is 1.80 bits per heavy atom. The summed E-state index contributed by atoms with van der Waals surface area (Å²) in [5, 5.41) is 59.5. The molecule has 0 radical (unpaired) electrons. The van der Waals surface area contributed by atoms with Crippen LogP contribution >= 0.6 is 0 Å². The number of aliphatic hydroxyl groups is 5. The van der Waals surface area contributed by atoms with Crippen molar-refractivity contribution < 1.29 is 59.2 Å². The summed E-state index contributed by atoms with van der Waals surface area (Å²) >= 11 is 0. The molecule has 12 nitrogen and oxygen atoms in total. The number of hydrogen-bond donors (Lipinski definition) is 6. The molecular weight excluding hydrogens is 540 g/mol. The maximum absolute atomic E-state index is 12.5. The minimum absolute atomic E-state index is 0.101. The van der Waals surface area contributed by atoms with E-state index in [0.29, 0.717) is 12.8 Å². The number of allylic oxidation sites excluding steroid dienone is 2. The van der Waals surface area contributed by atoms with Crippen molar-refractivity contribution in [3.63, 3.8) is 0 Å². The SMILES string of the molecule is C=C[C@H]1[C@H](O[C@@H]2O[C@H](CO)[C@@H](O)[C@H](O)[C@H]2O)OC=C(C(=O)OC)[C@H]1C/C=C/C(=O)C[C@@H](O)CCc1ccc(O)cc1. The number of phenolic OH excluding ortho intramolecular Hbond substituents is 1. The lowest BCUT2D eigenvalue weighted by atomic mass is 9.81.